The molecule has 4 nitrogen and oxygen atoms in total. The third-order valence-electron chi connectivity index (χ3n) is 3.97. The fraction of sp³-hybridized carbons (Fsp3) is 0.222. The highest BCUT2D eigenvalue weighted by Crippen LogP contribution is 2.16. The van der Waals surface area contributed by atoms with E-state index in [0.717, 1.165) is 11.1 Å². The molecule has 0 aliphatic heterocycles. The molecular weight excluding hydrogens is 347 g/mol. The molecule has 0 radical (unpaired) electrons. The van der Waals surface area contributed by atoms with Crippen molar-refractivity contribution in [2.75, 3.05) is 0 Å². The molecule has 124 valence electrons. The van der Waals surface area contributed by atoms with Crippen LogP contribution >= 0.6 is 23.2 Å². The summed E-state index contributed by atoms with van der Waals surface area (Å²) in [5.74, 6) is -0.777. The Bertz CT molecular complexity index is 714. The summed E-state index contributed by atoms with van der Waals surface area (Å²) in [6, 6.07) is 13.7. The van der Waals surface area contributed by atoms with Crippen molar-refractivity contribution in [3.8, 4) is 0 Å². The third kappa shape index (κ3) is 3.84. The Kier molecular flexibility index (Phi) is 5.31. The van der Waals surface area contributed by atoms with Gasteiger partial charge in [0.1, 0.15) is 0 Å². The second kappa shape index (κ2) is 7.45. The molecule has 1 aliphatic rings. The van der Waals surface area contributed by atoms with Crippen molar-refractivity contribution in [1.29, 1.82) is 0 Å². The van der Waals surface area contributed by atoms with Gasteiger partial charge >= 0.3 is 0 Å². The number of carbonyl (C=O) groups is 2. The van der Waals surface area contributed by atoms with Crippen molar-refractivity contribution in [2.45, 2.75) is 25.2 Å². The second-order valence-electron chi connectivity index (χ2n) is 5.71. The summed E-state index contributed by atoms with van der Waals surface area (Å²) in [5, 5.41) is 7.53. The van der Waals surface area contributed by atoms with E-state index in [-0.39, 0.29) is 11.6 Å². The molecule has 1 aliphatic carbocycles. The first-order valence-corrected chi connectivity index (χ1v) is 8.34. The van der Waals surface area contributed by atoms with Crippen LogP contribution in [0.4, 0.5) is 0 Å². The van der Waals surface area contributed by atoms with Gasteiger partial charge < -0.3 is 10.6 Å². The van der Waals surface area contributed by atoms with Gasteiger partial charge in [0, 0.05) is 23.1 Å². The lowest BCUT2D eigenvalue weighted by Crippen LogP contribution is -2.69. The molecule has 24 heavy (non-hydrogen) atoms. The number of halogens is 2. The molecule has 0 bridgehead atoms. The molecule has 0 heterocycles. The molecule has 0 saturated heterocycles. The molecular formula is C18H16Cl2N2O2. The summed E-state index contributed by atoms with van der Waals surface area (Å²) in [7, 11) is 0. The maximum absolute atomic E-state index is 11.8. The maximum Gasteiger partial charge on any atom is 0.219 e. The minimum absolute atomic E-state index is 0.388. The number of benzene rings is 2. The van der Waals surface area contributed by atoms with Crippen LogP contribution in [0.1, 0.15) is 11.1 Å². The topological polar surface area (TPSA) is 58.2 Å². The predicted octanol–water partition coefficient (Wildman–Crippen LogP) is 2.76. The van der Waals surface area contributed by atoms with Crippen LogP contribution in [0.15, 0.2) is 48.5 Å². The van der Waals surface area contributed by atoms with E-state index in [0.29, 0.717) is 23.1 Å². The number of ketones is 2. The number of nitrogens with one attached hydrogen (secondary N) is 2. The Morgan fingerprint density at radius 3 is 1.54 bits per heavy atom. The van der Waals surface area contributed by atoms with Crippen LogP contribution in [0.3, 0.4) is 0 Å². The summed E-state index contributed by atoms with van der Waals surface area (Å²) < 4.78 is 0. The minimum Gasteiger partial charge on any atom is -0.301 e. The Hall–Kier alpha value is -1.72. The zero-order chi connectivity index (χ0) is 17.1. The average Bonchev–Trinajstić information content (AvgIpc) is 2.57. The molecule has 1 fully saturated rings. The standard InChI is InChI=1S/C18H16Cl2N2O2/c19-13-5-1-3-11(7-13)9-21-15-16(18(24)17(15)23)22-10-12-4-2-6-14(20)8-12/h1-8,15-16,21-22H,9-10H2. The molecule has 3 rings (SSSR count). The van der Waals surface area contributed by atoms with E-state index in [2.05, 4.69) is 10.6 Å². The molecule has 0 aromatic heterocycles. The van der Waals surface area contributed by atoms with Crippen LogP contribution in [0.5, 0.6) is 0 Å². The smallest absolute Gasteiger partial charge is 0.219 e. The normalized spacial score (nSPS) is 20.1. The molecule has 6 heteroatoms. The Labute approximate surface area is 150 Å². The van der Waals surface area contributed by atoms with Crippen LogP contribution in [-0.2, 0) is 22.7 Å². The van der Waals surface area contributed by atoms with E-state index < -0.39 is 12.1 Å². The van der Waals surface area contributed by atoms with E-state index in [9.17, 15) is 9.59 Å². The van der Waals surface area contributed by atoms with Gasteiger partial charge in [0.05, 0.1) is 12.1 Å². The molecule has 2 unspecified atom stereocenters. The monoisotopic (exact) mass is 362 g/mol. The quantitative estimate of drug-likeness (QED) is 0.775. The van der Waals surface area contributed by atoms with E-state index >= 15 is 0 Å². The van der Waals surface area contributed by atoms with Crippen LogP contribution in [0.2, 0.25) is 10.0 Å². The Morgan fingerprint density at radius 1 is 0.750 bits per heavy atom. The highest BCUT2D eigenvalue weighted by Gasteiger charge is 2.48. The lowest BCUT2D eigenvalue weighted by molar-refractivity contribution is -0.147. The fourth-order valence-corrected chi connectivity index (χ4v) is 3.11. The van der Waals surface area contributed by atoms with Crippen molar-refractivity contribution in [1.82, 2.24) is 10.6 Å². The van der Waals surface area contributed by atoms with Crippen LogP contribution < -0.4 is 10.6 Å². The van der Waals surface area contributed by atoms with Crippen LogP contribution in [0, 0.1) is 0 Å². The highest BCUT2D eigenvalue weighted by molar-refractivity contribution is 6.49. The summed E-state index contributed by atoms with van der Waals surface area (Å²) >= 11 is 11.9. The summed E-state index contributed by atoms with van der Waals surface area (Å²) in [5.41, 5.74) is 1.92. The first-order valence-electron chi connectivity index (χ1n) is 7.58. The largest absolute Gasteiger partial charge is 0.301 e. The number of hydrogen-bond donors (Lipinski definition) is 2. The molecule has 0 spiro atoms. The molecule has 1 saturated carbocycles. The van der Waals surface area contributed by atoms with E-state index in [1.165, 1.54) is 0 Å². The van der Waals surface area contributed by atoms with Crippen LogP contribution in [-0.4, -0.2) is 23.7 Å². The Balaban J connectivity index is 1.58. The minimum atomic E-state index is -0.518. The summed E-state index contributed by atoms with van der Waals surface area (Å²) in [6.45, 7) is 0.944. The fourth-order valence-electron chi connectivity index (χ4n) is 2.68. The highest BCUT2D eigenvalue weighted by atomic mass is 35.5. The van der Waals surface area contributed by atoms with Crippen molar-refractivity contribution in [3.05, 3.63) is 69.7 Å². The number of rotatable bonds is 6. The van der Waals surface area contributed by atoms with Crippen LogP contribution in [0.25, 0.3) is 0 Å². The summed E-state index contributed by atoms with van der Waals surface area (Å²) in [6.07, 6.45) is 0. The number of Topliss-reactive ketones (excluding diaryl/α,β-unsaturated/α-hetero) is 2. The van der Waals surface area contributed by atoms with Gasteiger partial charge in [0.2, 0.25) is 11.6 Å². The maximum atomic E-state index is 11.8. The van der Waals surface area contributed by atoms with E-state index in [1.807, 2.05) is 36.4 Å². The molecule has 2 atom stereocenters. The molecule has 2 aromatic rings. The van der Waals surface area contributed by atoms with Gasteiger partial charge in [-0.2, -0.15) is 0 Å². The van der Waals surface area contributed by atoms with Crippen molar-refractivity contribution < 1.29 is 9.59 Å². The van der Waals surface area contributed by atoms with Crippen molar-refractivity contribution in [3.63, 3.8) is 0 Å². The first kappa shape index (κ1) is 17.1. The van der Waals surface area contributed by atoms with Gasteiger partial charge in [-0.25, -0.2) is 0 Å². The predicted molar refractivity (Wildman–Crippen MR) is 94.2 cm³/mol. The van der Waals surface area contributed by atoms with Gasteiger partial charge in [0.25, 0.3) is 0 Å². The average molecular weight is 363 g/mol. The van der Waals surface area contributed by atoms with Gasteiger partial charge in [-0.15, -0.1) is 0 Å². The summed E-state index contributed by atoms with van der Waals surface area (Å²) in [4.78, 5) is 23.7. The SMILES string of the molecule is O=C1C(=O)C(NCc2cccc(Cl)c2)C1NCc1cccc(Cl)c1. The zero-order valence-corrected chi connectivity index (χ0v) is 14.3. The first-order chi connectivity index (χ1) is 11.5. The van der Waals surface area contributed by atoms with E-state index in [1.54, 1.807) is 12.1 Å². The van der Waals surface area contributed by atoms with E-state index in [4.69, 9.17) is 23.2 Å². The van der Waals surface area contributed by atoms with Gasteiger partial charge in [-0.05, 0) is 35.4 Å². The van der Waals surface area contributed by atoms with Crippen molar-refractivity contribution in [2.24, 2.45) is 0 Å². The van der Waals surface area contributed by atoms with Crippen molar-refractivity contribution >= 4 is 34.8 Å². The molecule has 2 aromatic carbocycles. The van der Waals surface area contributed by atoms with Gasteiger partial charge in [-0.3, -0.25) is 9.59 Å². The number of carbonyl (C=O) groups excluding carboxylic acids is 2. The molecule has 2 N–H and O–H groups in total. The van der Waals surface area contributed by atoms with Gasteiger partial charge in [-0.1, -0.05) is 47.5 Å². The molecule has 0 amide bonds. The lowest BCUT2D eigenvalue weighted by atomic mass is 9.82. The van der Waals surface area contributed by atoms with Gasteiger partial charge in [0.15, 0.2) is 0 Å². The number of hydrogen-bond acceptors (Lipinski definition) is 4. The zero-order valence-electron chi connectivity index (χ0n) is 12.8. The lowest BCUT2D eigenvalue weighted by Gasteiger charge is -2.34. The Morgan fingerprint density at radius 2 is 1.17 bits per heavy atom. The third-order valence-corrected chi connectivity index (χ3v) is 4.44. The second-order valence-corrected chi connectivity index (χ2v) is 6.58.